The summed E-state index contributed by atoms with van der Waals surface area (Å²) in [6.45, 7) is 8.31. The normalized spacial score (nSPS) is 21.9. The fraction of sp³-hybridized carbons (Fsp3) is 0.308. The number of nitrogens with zero attached hydrogens (tertiary/aromatic N) is 1. The summed E-state index contributed by atoms with van der Waals surface area (Å²) in [5.41, 5.74) is 4.35. The van der Waals surface area contributed by atoms with Crippen LogP contribution >= 0.6 is 0 Å². The average Bonchev–Trinajstić information content (AvgIpc) is 3.29. The molecule has 5 rings (SSSR count). The van der Waals surface area contributed by atoms with Gasteiger partial charge in [0.05, 0.1) is 30.0 Å². The van der Waals surface area contributed by atoms with E-state index < -0.39 is 11.6 Å². The second-order valence-electron chi connectivity index (χ2n) is 9.01. The van der Waals surface area contributed by atoms with Gasteiger partial charge in [-0.3, -0.25) is 9.69 Å². The summed E-state index contributed by atoms with van der Waals surface area (Å²) in [4.78, 5) is 26.4. The van der Waals surface area contributed by atoms with E-state index in [0.717, 1.165) is 44.0 Å². The number of rotatable bonds is 4. The lowest BCUT2D eigenvalue weighted by atomic mass is 9.91. The van der Waals surface area contributed by atoms with Gasteiger partial charge < -0.3 is 19.9 Å². The first-order chi connectivity index (χ1) is 15.8. The maximum Gasteiger partial charge on any atom is 0.335 e. The number of benzene rings is 2. The molecule has 2 N–H and O–H groups in total. The summed E-state index contributed by atoms with van der Waals surface area (Å²) in [6.07, 6.45) is 1.92. The Morgan fingerprint density at radius 1 is 1.12 bits per heavy atom. The van der Waals surface area contributed by atoms with Crippen molar-refractivity contribution in [1.82, 2.24) is 4.90 Å². The number of hydrogen-bond donors (Lipinski definition) is 2. The van der Waals surface area contributed by atoms with Crippen molar-refractivity contribution in [2.75, 3.05) is 31.6 Å². The highest BCUT2D eigenvalue weighted by atomic mass is 16.5. The topological polar surface area (TPSA) is 88.1 Å². The number of carboxylic acids is 1. The Kier molecular flexibility index (Phi) is 5.31. The van der Waals surface area contributed by atoms with E-state index in [9.17, 15) is 14.7 Å². The van der Waals surface area contributed by atoms with Crippen LogP contribution in [0, 0.1) is 0 Å². The van der Waals surface area contributed by atoms with Crippen LogP contribution in [0.25, 0.3) is 11.1 Å². The molecule has 3 aliphatic rings. The smallest absolute Gasteiger partial charge is 0.335 e. The summed E-state index contributed by atoms with van der Waals surface area (Å²) in [5.74, 6) is -0.839. The van der Waals surface area contributed by atoms with E-state index in [1.165, 1.54) is 17.7 Å². The number of carbonyl (C=O) groups is 2. The third-order valence-corrected chi connectivity index (χ3v) is 6.32. The van der Waals surface area contributed by atoms with E-state index in [-0.39, 0.29) is 11.5 Å². The molecular formula is C26H26N2O5. The number of allylic oxidation sites excluding steroid dienone is 1. The Labute approximate surface area is 192 Å². The summed E-state index contributed by atoms with van der Waals surface area (Å²) in [5, 5.41) is 12.0. The molecule has 0 aliphatic carbocycles. The molecule has 3 aliphatic heterocycles. The van der Waals surface area contributed by atoms with Crippen LogP contribution in [0.1, 0.15) is 40.9 Å². The van der Waals surface area contributed by atoms with E-state index in [4.69, 9.17) is 9.47 Å². The summed E-state index contributed by atoms with van der Waals surface area (Å²) < 4.78 is 11.7. The van der Waals surface area contributed by atoms with Crippen LogP contribution in [0.15, 0.2) is 54.3 Å². The zero-order valence-electron chi connectivity index (χ0n) is 18.7. The Bertz CT molecular complexity index is 1190. The number of carboxylic acid groups (broad SMARTS) is 1. The van der Waals surface area contributed by atoms with Crippen molar-refractivity contribution in [3.63, 3.8) is 0 Å². The molecular weight excluding hydrogens is 420 g/mol. The van der Waals surface area contributed by atoms with Gasteiger partial charge in [-0.1, -0.05) is 30.3 Å². The van der Waals surface area contributed by atoms with Gasteiger partial charge in [0.2, 0.25) is 0 Å². The summed E-state index contributed by atoms with van der Waals surface area (Å²) >= 11 is 0. The molecule has 2 aromatic carbocycles. The first kappa shape index (κ1) is 21.4. The predicted molar refractivity (Wildman–Crippen MR) is 125 cm³/mol. The number of nitrogens with one attached hydrogen (secondary N) is 1. The molecule has 2 aromatic rings. The van der Waals surface area contributed by atoms with Gasteiger partial charge in [-0.15, -0.1) is 0 Å². The highest BCUT2D eigenvalue weighted by Gasteiger charge is 2.38. The van der Waals surface area contributed by atoms with E-state index in [2.05, 4.69) is 34.5 Å². The van der Waals surface area contributed by atoms with Gasteiger partial charge in [-0.25, -0.2) is 4.79 Å². The van der Waals surface area contributed by atoms with Gasteiger partial charge in [0.15, 0.2) is 0 Å². The molecule has 0 saturated carbocycles. The lowest BCUT2D eigenvalue weighted by molar-refractivity contribution is -0.111. The van der Waals surface area contributed by atoms with Crippen molar-refractivity contribution in [3.8, 4) is 0 Å². The molecule has 0 spiro atoms. The number of fused-ring (bicyclic) bond motifs is 1. The Hall–Kier alpha value is -3.42. The van der Waals surface area contributed by atoms with Crippen molar-refractivity contribution in [3.05, 3.63) is 76.6 Å². The van der Waals surface area contributed by atoms with Crippen LogP contribution in [0.2, 0.25) is 0 Å². The number of ether oxygens (including phenoxy) is 2. The van der Waals surface area contributed by atoms with Gasteiger partial charge in [-0.05, 0) is 43.2 Å². The zero-order valence-corrected chi connectivity index (χ0v) is 18.7. The van der Waals surface area contributed by atoms with Gasteiger partial charge in [-0.2, -0.15) is 0 Å². The number of aromatic carboxylic acids is 1. The van der Waals surface area contributed by atoms with E-state index >= 15 is 0 Å². The average molecular weight is 447 g/mol. The molecule has 7 heteroatoms. The minimum absolute atomic E-state index is 0.126. The Balaban J connectivity index is 1.45. The van der Waals surface area contributed by atoms with Crippen LogP contribution in [-0.4, -0.2) is 53.8 Å². The van der Waals surface area contributed by atoms with Crippen molar-refractivity contribution < 1.29 is 24.2 Å². The Morgan fingerprint density at radius 3 is 2.55 bits per heavy atom. The minimum atomic E-state index is -1.04. The lowest BCUT2D eigenvalue weighted by Crippen LogP contribution is -2.35. The second kappa shape index (κ2) is 8.17. The highest BCUT2D eigenvalue weighted by molar-refractivity contribution is 6.32. The fourth-order valence-electron chi connectivity index (χ4n) is 4.58. The van der Waals surface area contributed by atoms with Gasteiger partial charge >= 0.3 is 5.97 Å². The molecule has 0 atom stereocenters. The number of carbonyl (C=O) groups excluding carboxylic acids is 1. The quantitative estimate of drug-likeness (QED) is 0.695. The third kappa shape index (κ3) is 4.05. The largest absolute Gasteiger partial charge is 0.482 e. The molecule has 1 saturated heterocycles. The van der Waals surface area contributed by atoms with Crippen molar-refractivity contribution >= 4 is 28.7 Å². The molecule has 0 radical (unpaired) electrons. The third-order valence-electron chi connectivity index (χ3n) is 6.32. The zero-order chi connectivity index (χ0) is 23.2. The van der Waals surface area contributed by atoms with Crippen LogP contribution in [0.5, 0.6) is 0 Å². The van der Waals surface area contributed by atoms with E-state index in [1.807, 2.05) is 19.9 Å². The van der Waals surface area contributed by atoms with E-state index in [0.29, 0.717) is 22.6 Å². The minimum Gasteiger partial charge on any atom is -0.482 e. The van der Waals surface area contributed by atoms with Crippen LogP contribution in [0.3, 0.4) is 0 Å². The molecule has 3 heterocycles. The van der Waals surface area contributed by atoms with Gasteiger partial charge in [0.25, 0.3) is 5.91 Å². The number of amides is 1. The SMILES string of the molecule is CC1(C)O/C(=C2/C(=O)Nc3cc(C(=O)O)ccc32)C=C1c1ccc(CN2CCOCC2)cc1. The number of hydrogen-bond acceptors (Lipinski definition) is 5. The van der Waals surface area contributed by atoms with Crippen molar-refractivity contribution in [1.29, 1.82) is 0 Å². The first-order valence-corrected chi connectivity index (χ1v) is 11.1. The summed E-state index contributed by atoms with van der Waals surface area (Å²) in [7, 11) is 0. The fourth-order valence-corrected chi connectivity index (χ4v) is 4.58. The van der Waals surface area contributed by atoms with Crippen LogP contribution in [-0.2, 0) is 20.8 Å². The van der Waals surface area contributed by atoms with Crippen LogP contribution < -0.4 is 5.32 Å². The maximum atomic E-state index is 12.7. The maximum absolute atomic E-state index is 12.7. The van der Waals surface area contributed by atoms with Crippen molar-refractivity contribution in [2.45, 2.75) is 26.0 Å². The molecule has 33 heavy (non-hydrogen) atoms. The molecule has 0 unspecified atom stereocenters. The molecule has 170 valence electrons. The van der Waals surface area contributed by atoms with Gasteiger partial charge in [0, 0.05) is 30.8 Å². The van der Waals surface area contributed by atoms with E-state index in [1.54, 1.807) is 6.07 Å². The number of anilines is 1. The van der Waals surface area contributed by atoms with Crippen molar-refractivity contribution in [2.24, 2.45) is 0 Å². The van der Waals surface area contributed by atoms with Crippen LogP contribution in [0.4, 0.5) is 5.69 Å². The second-order valence-corrected chi connectivity index (χ2v) is 9.01. The molecule has 0 bridgehead atoms. The molecule has 0 aromatic heterocycles. The van der Waals surface area contributed by atoms with Gasteiger partial charge in [0.1, 0.15) is 11.4 Å². The standard InChI is InChI=1S/C26H26N2O5/c1-26(2)20(17-5-3-16(4-6-17)15-28-9-11-32-12-10-28)14-22(33-26)23-19-8-7-18(25(30)31)13-21(19)27-24(23)29/h3-8,13-14H,9-12,15H2,1-2H3,(H,27,29)(H,30,31)/b23-22+. The first-order valence-electron chi connectivity index (χ1n) is 11.1. The Morgan fingerprint density at radius 2 is 1.85 bits per heavy atom. The number of morpholine rings is 1. The lowest BCUT2D eigenvalue weighted by Gasteiger charge is -2.27. The predicted octanol–water partition coefficient (Wildman–Crippen LogP) is 3.77. The molecule has 1 fully saturated rings. The molecule has 7 nitrogen and oxygen atoms in total. The molecule has 1 amide bonds. The summed E-state index contributed by atoms with van der Waals surface area (Å²) in [6, 6.07) is 13.1. The monoisotopic (exact) mass is 446 g/mol. The highest BCUT2D eigenvalue weighted by Crippen LogP contribution is 2.44.